The molecule has 2 nitrogen and oxygen atoms in total. The van der Waals surface area contributed by atoms with E-state index in [1.165, 1.54) is 30.4 Å². The topological polar surface area (TPSA) is 12.5 Å². The molecule has 132 valence electrons. The van der Waals surface area contributed by atoms with Gasteiger partial charge in [-0.3, -0.25) is 0 Å². The van der Waals surface area contributed by atoms with E-state index < -0.39 is 0 Å². The van der Waals surface area contributed by atoms with E-state index in [9.17, 15) is 0 Å². The number of fused-ring (bicyclic) bond motifs is 2. The van der Waals surface area contributed by atoms with E-state index in [1.54, 1.807) is 0 Å². The number of hydrogen-bond acceptors (Lipinski definition) is 2. The van der Waals surface area contributed by atoms with Crippen LogP contribution in [0.5, 0.6) is 0 Å². The van der Waals surface area contributed by atoms with E-state index >= 15 is 0 Å². The van der Waals surface area contributed by atoms with Crippen LogP contribution in [-0.4, -0.2) is 30.1 Å². The third-order valence-corrected chi connectivity index (χ3v) is 6.15. The zero-order valence-electron chi connectivity index (χ0n) is 14.8. The Kier molecular flexibility index (Phi) is 5.12. The lowest BCUT2D eigenvalue weighted by atomic mass is 9.83. The Labute approximate surface area is 155 Å². The van der Waals surface area contributed by atoms with Crippen LogP contribution < -0.4 is 0 Å². The van der Waals surface area contributed by atoms with Gasteiger partial charge in [-0.25, -0.2) is 0 Å². The van der Waals surface area contributed by atoms with Gasteiger partial charge in [0.1, 0.15) is 6.10 Å². The largest absolute Gasteiger partial charge is 0.365 e. The Hall–Kier alpha value is -1.35. The molecule has 2 aliphatic rings. The average molecular weight is 356 g/mol. The molecule has 0 aromatic heterocycles. The van der Waals surface area contributed by atoms with Gasteiger partial charge in [0.05, 0.1) is 6.10 Å². The number of nitrogens with zero attached hydrogens (tertiary/aromatic N) is 1. The zero-order chi connectivity index (χ0) is 17.2. The molecular formula is C22H26ClNO. The van der Waals surface area contributed by atoms with Crippen molar-refractivity contribution in [1.29, 1.82) is 0 Å². The summed E-state index contributed by atoms with van der Waals surface area (Å²) in [7, 11) is 2.29. The molecule has 2 saturated heterocycles. The molecular weight excluding hydrogens is 330 g/mol. The van der Waals surface area contributed by atoms with Crippen LogP contribution in [0.25, 0.3) is 0 Å². The quantitative estimate of drug-likeness (QED) is 0.721. The predicted octanol–water partition coefficient (Wildman–Crippen LogP) is 5.46. The molecule has 4 rings (SSSR count). The summed E-state index contributed by atoms with van der Waals surface area (Å²) in [5, 5.41) is 0.768. The van der Waals surface area contributed by atoms with E-state index in [4.69, 9.17) is 16.3 Å². The summed E-state index contributed by atoms with van der Waals surface area (Å²) < 4.78 is 6.72. The third kappa shape index (κ3) is 3.76. The molecule has 0 amide bonds. The average Bonchev–Trinajstić information content (AvgIpc) is 2.62. The Morgan fingerprint density at radius 1 is 0.920 bits per heavy atom. The Bertz CT molecular complexity index is 673. The minimum absolute atomic E-state index is 0.0207. The van der Waals surface area contributed by atoms with Crippen LogP contribution in [0.4, 0.5) is 0 Å². The molecule has 2 aromatic rings. The van der Waals surface area contributed by atoms with Crippen molar-refractivity contribution < 1.29 is 4.74 Å². The Morgan fingerprint density at radius 2 is 1.52 bits per heavy atom. The van der Waals surface area contributed by atoms with Gasteiger partial charge in [-0.1, -0.05) is 60.5 Å². The summed E-state index contributed by atoms with van der Waals surface area (Å²) in [5.74, 6) is 0. The van der Waals surface area contributed by atoms with Crippen molar-refractivity contribution in [3.8, 4) is 0 Å². The second-order valence-electron chi connectivity index (χ2n) is 7.48. The fourth-order valence-corrected chi connectivity index (χ4v) is 4.61. The first-order valence-corrected chi connectivity index (χ1v) is 9.76. The SMILES string of the molecule is CN1C2CCCC1CC(OC(c1ccccc1)c1ccc(Cl)cc1)C2. The standard InChI is InChI=1S/C22H26ClNO/c1-24-19-8-5-9-20(24)15-21(14-19)25-22(16-6-3-2-4-7-16)17-10-12-18(23)13-11-17/h2-4,6-7,10-13,19-22H,5,8-9,14-15H2,1H3. The van der Waals surface area contributed by atoms with E-state index in [0.29, 0.717) is 18.2 Å². The van der Waals surface area contributed by atoms with E-state index in [2.05, 4.69) is 54.4 Å². The molecule has 0 aliphatic carbocycles. The van der Waals surface area contributed by atoms with Crippen molar-refractivity contribution >= 4 is 11.6 Å². The van der Waals surface area contributed by atoms with Crippen LogP contribution in [0.15, 0.2) is 54.6 Å². The van der Waals surface area contributed by atoms with E-state index in [0.717, 1.165) is 17.9 Å². The zero-order valence-corrected chi connectivity index (χ0v) is 15.5. The van der Waals surface area contributed by atoms with Crippen LogP contribution in [-0.2, 0) is 4.74 Å². The molecule has 2 aliphatic heterocycles. The highest BCUT2D eigenvalue weighted by molar-refractivity contribution is 6.30. The molecule has 3 heteroatoms. The van der Waals surface area contributed by atoms with Crippen molar-refractivity contribution in [2.45, 2.75) is 56.4 Å². The maximum atomic E-state index is 6.72. The van der Waals surface area contributed by atoms with Crippen LogP contribution in [0.2, 0.25) is 5.02 Å². The highest BCUT2D eigenvalue weighted by Gasteiger charge is 2.37. The minimum Gasteiger partial charge on any atom is -0.365 e. The van der Waals surface area contributed by atoms with Crippen molar-refractivity contribution in [1.82, 2.24) is 4.90 Å². The molecule has 0 spiro atoms. The summed E-state index contributed by atoms with van der Waals surface area (Å²) in [6.45, 7) is 0. The number of benzene rings is 2. The number of hydrogen-bond donors (Lipinski definition) is 0. The van der Waals surface area contributed by atoms with Gasteiger partial charge in [0, 0.05) is 17.1 Å². The fourth-order valence-electron chi connectivity index (χ4n) is 4.48. The summed E-state index contributed by atoms with van der Waals surface area (Å²) in [6, 6.07) is 20.0. The lowest BCUT2D eigenvalue weighted by Gasteiger charge is -2.47. The number of rotatable bonds is 4. The molecule has 2 aromatic carbocycles. The van der Waals surface area contributed by atoms with Crippen LogP contribution >= 0.6 is 11.6 Å². The molecule has 3 atom stereocenters. The van der Waals surface area contributed by atoms with E-state index in [-0.39, 0.29) is 6.10 Å². The first kappa shape index (κ1) is 17.1. The van der Waals surface area contributed by atoms with Crippen molar-refractivity contribution in [2.75, 3.05) is 7.05 Å². The molecule has 25 heavy (non-hydrogen) atoms. The fraction of sp³-hybridized carbons (Fsp3) is 0.455. The number of piperidine rings is 2. The smallest absolute Gasteiger partial charge is 0.108 e. The first-order chi connectivity index (χ1) is 12.2. The Morgan fingerprint density at radius 3 is 2.16 bits per heavy atom. The second kappa shape index (κ2) is 7.49. The number of ether oxygens (including phenoxy) is 1. The first-order valence-electron chi connectivity index (χ1n) is 9.38. The van der Waals surface area contributed by atoms with Crippen LogP contribution in [0, 0.1) is 0 Å². The van der Waals surface area contributed by atoms with Gasteiger partial charge in [0.25, 0.3) is 0 Å². The van der Waals surface area contributed by atoms with Gasteiger partial charge in [-0.2, -0.15) is 0 Å². The predicted molar refractivity (Wildman–Crippen MR) is 103 cm³/mol. The normalized spacial score (nSPS) is 27.8. The minimum atomic E-state index is -0.0207. The van der Waals surface area contributed by atoms with Crippen LogP contribution in [0.1, 0.15) is 49.3 Å². The van der Waals surface area contributed by atoms with Gasteiger partial charge >= 0.3 is 0 Å². The van der Waals surface area contributed by atoms with E-state index in [1.807, 2.05) is 12.1 Å². The maximum absolute atomic E-state index is 6.72. The third-order valence-electron chi connectivity index (χ3n) is 5.90. The molecule has 0 saturated carbocycles. The molecule has 2 heterocycles. The van der Waals surface area contributed by atoms with Gasteiger partial charge in [-0.05, 0) is 56.0 Å². The molecule has 2 bridgehead atoms. The van der Waals surface area contributed by atoms with Gasteiger partial charge in [0.2, 0.25) is 0 Å². The highest BCUT2D eigenvalue weighted by atomic mass is 35.5. The molecule has 2 fully saturated rings. The highest BCUT2D eigenvalue weighted by Crippen LogP contribution is 2.37. The monoisotopic (exact) mass is 355 g/mol. The van der Waals surface area contributed by atoms with Crippen molar-refractivity contribution in [3.05, 3.63) is 70.7 Å². The summed E-state index contributed by atoms with van der Waals surface area (Å²) in [5.41, 5.74) is 2.40. The van der Waals surface area contributed by atoms with Gasteiger partial charge < -0.3 is 9.64 Å². The molecule has 0 N–H and O–H groups in total. The summed E-state index contributed by atoms with van der Waals surface area (Å²) >= 11 is 6.09. The summed E-state index contributed by atoms with van der Waals surface area (Å²) in [4.78, 5) is 2.59. The molecule has 3 unspecified atom stereocenters. The Balaban J connectivity index is 1.57. The molecule has 0 radical (unpaired) electrons. The number of halogens is 1. The lowest BCUT2D eigenvalue weighted by molar-refractivity contribution is -0.0720. The lowest BCUT2D eigenvalue weighted by Crippen LogP contribution is -2.51. The maximum Gasteiger partial charge on any atom is 0.108 e. The van der Waals surface area contributed by atoms with Crippen LogP contribution in [0.3, 0.4) is 0 Å². The van der Waals surface area contributed by atoms with Gasteiger partial charge in [0.15, 0.2) is 0 Å². The second-order valence-corrected chi connectivity index (χ2v) is 7.91. The summed E-state index contributed by atoms with van der Waals surface area (Å²) in [6.07, 6.45) is 6.58. The van der Waals surface area contributed by atoms with Crippen molar-refractivity contribution in [2.24, 2.45) is 0 Å². The van der Waals surface area contributed by atoms with Gasteiger partial charge in [-0.15, -0.1) is 0 Å². The van der Waals surface area contributed by atoms with Crippen molar-refractivity contribution in [3.63, 3.8) is 0 Å².